The molecular weight excluding hydrogens is 312 g/mol. The summed E-state index contributed by atoms with van der Waals surface area (Å²) in [5, 5.41) is 1.79. The minimum absolute atomic E-state index is 0.00188. The highest BCUT2D eigenvalue weighted by molar-refractivity contribution is 7.07. The summed E-state index contributed by atoms with van der Waals surface area (Å²) in [5.74, 6) is 0.0457. The molecule has 118 valence electrons. The van der Waals surface area contributed by atoms with Crippen LogP contribution in [0.25, 0.3) is 0 Å². The second kappa shape index (κ2) is 5.42. The zero-order valence-electron chi connectivity index (χ0n) is 12.5. The maximum atomic E-state index is 12.4. The van der Waals surface area contributed by atoms with E-state index in [1.165, 1.54) is 11.3 Å². The van der Waals surface area contributed by atoms with Crippen LogP contribution in [0.15, 0.2) is 35.4 Å². The molecule has 0 radical (unpaired) electrons. The Bertz CT molecular complexity index is 726. The number of aromatic nitrogens is 2. The molecule has 4 heterocycles. The van der Waals surface area contributed by atoms with Crippen molar-refractivity contribution in [3.8, 4) is 0 Å². The molecule has 6 nitrogen and oxygen atoms in total. The van der Waals surface area contributed by atoms with E-state index < -0.39 is 0 Å². The topological polar surface area (TPSA) is 66.4 Å². The monoisotopic (exact) mass is 328 g/mol. The van der Waals surface area contributed by atoms with Crippen molar-refractivity contribution in [2.75, 3.05) is 26.2 Å². The Kier molecular flexibility index (Phi) is 3.37. The number of rotatable bonds is 2. The molecule has 0 aromatic carbocycles. The Hall–Kier alpha value is -2.28. The first kappa shape index (κ1) is 14.3. The number of pyridine rings is 1. The first-order valence-corrected chi connectivity index (χ1v) is 8.48. The van der Waals surface area contributed by atoms with Gasteiger partial charge in [0, 0.05) is 54.9 Å². The fourth-order valence-corrected chi connectivity index (χ4v) is 3.96. The van der Waals surface area contributed by atoms with Crippen LogP contribution < -0.4 is 0 Å². The summed E-state index contributed by atoms with van der Waals surface area (Å²) in [6, 6.07) is 3.47. The molecule has 2 amide bonds. The number of thiazole rings is 1. The lowest BCUT2D eigenvalue weighted by atomic mass is 9.78. The molecule has 0 unspecified atom stereocenters. The zero-order valence-corrected chi connectivity index (χ0v) is 13.3. The number of hydrogen-bond acceptors (Lipinski definition) is 5. The molecule has 2 aliphatic heterocycles. The maximum absolute atomic E-state index is 12.4. The van der Waals surface area contributed by atoms with E-state index in [9.17, 15) is 9.59 Å². The molecule has 2 saturated heterocycles. The SMILES string of the molecule is O=C(c1ccncc1)N1CC2(CCN(C(=O)c3cscn3)C2)C1. The first-order chi connectivity index (χ1) is 11.2. The van der Waals surface area contributed by atoms with Crippen LogP contribution in [-0.2, 0) is 0 Å². The van der Waals surface area contributed by atoms with Gasteiger partial charge in [-0.25, -0.2) is 4.98 Å². The normalized spacial score (nSPS) is 19.0. The van der Waals surface area contributed by atoms with Crippen molar-refractivity contribution in [3.63, 3.8) is 0 Å². The third-order valence-electron chi connectivity index (χ3n) is 4.64. The summed E-state index contributed by atoms with van der Waals surface area (Å²) in [6.45, 7) is 2.89. The number of amides is 2. The average molecular weight is 328 g/mol. The van der Waals surface area contributed by atoms with Gasteiger partial charge in [0.05, 0.1) is 5.51 Å². The maximum Gasteiger partial charge on any atom is 0.273 e. The first-order valence-electron chi connectivity index (χ1n) is 7.54. The van der Waals surface area contributed by atoms with Crippen molar-refractivity contribution in [2.24, 2.45) is 5.41 Å². The highest BCUT2D eigenvalue weighted by Crippen LogP contribution is 2.40. The third-order valence-corrected chi connectivity index (χ3v) is 5.23. The van der Waals surface area contributed by atoms with Gasteiger partial charge in [-0.3, -0.25) is 14.6 Å². The largest absolute Gasteiger partial charge is 0.337 e. The molecule has 0 bridgehead atoms. The Balaban J connectivity index is 1.38. The van der Waals surface area contributed by atoms with Crippen molar-refractivity contribution in [1.29, 1.82) is 0 Å². The van der Waals surface area contributed by atoms with Crippen LogP contribution in [0, 0.1) is 5.41 Å². The molecule has 4 rings (SSSR count). The summed E-state index contributed by atoms with van der Waals surface area (Å²) < 4.78 is 0. The number of likely N-dealkylation sites (tertiary alicyclic amines) is 2. The highest BCUT2D eigenvalue weighted by Gasteiger charge is 2.50. The molecule has 2 fully saturated rings. The third kappa shape index (κ3) is 2.50. The quantitative estimate of drug-likeness (QED) is 0.838. The van der Waals surface area contributed by atoms with Gasteiger partial charge in [0.2, 0.25) is 0 Å². The number of hydrogen-bond donors (Lipinski definition) is 0. The lowest BCUT2D eigenvalue weighted by Crippen LogP contribution is -2.59. The Labute approximate surface area is 137 Å². The van der Waals surface area contributed by atoms with Crippen LogP contribution in [0.1, 0.15) is 27.3 Å². The summed E-state index contributed by atoms with van der Waals surface area (Å²) in [5.41, 5.74) is 2.94. The van der Waals surface area contributed by atoms with Gasteiger partial charge in [0.15, 0.2) is 0 Å². The summed E-state index contributed by atoms with van der Waals surface area (Å²) in [4.78, 5) is 36.5. The predicted octanol–water partition coefficient (Wildman–Crippen LogP) is 1.53. The standard InChI is InChI=1S/C16H16N4O2S/c21-14(12-1-4-17-5-2-12)20-9-16(10-20)3-6-19(8-16)15(22)13-7-23-11-18-13/h1-2,4-5,7,11H,3,6,8-10H2. The molecule has 0 N–H and O–H groups in total. The van der Waals surface area contributed by atoms with E-state index in [0.717, 1.165) is 26.1 Å². The summed E-state index contributed by atoms with van der Waals surface area (Å²) in [6.07, 6.45) is 4.21. The van der Waals surface area contributed by atoms with Crippen molar-refractivity contribution in [1.82, 2.24) is 19.8 Å². The van der Waals surface area contributed by atoms with Gasteiger partial charge in [0.1, 0.15) is 5.69 Å². The van der Waals surface area contributed by atoms with Gasteiger partial charge < -0.3 is 9.80 Å². The fraction of sp³-hybridized carbons (Fsp3) is 0.375. The van der Waals surface area contributed by atoms with Crippen LogP contribution in [0.3, 0.4) is 0 Å². The van der Waals surface area contributed by atoms with E-state index in [2.05, 4.69) is 9.97 Å². The van der Waals surface area contributed by atoms with Crippen LogP contribution >= 0.6 is 11.3 Å². The van der Waals surface area contributed by atoms with Gasteiger partial charge in [-0.15, -0.1) is 11.3 Å². The molecule has 2 aromatic heterocycles. The molecule has 1 spiro atoms. The van der Waals surface area contributed by atoms with Gasteiger partial charge in [-0.1, -0.05) is 0 Å². The molecule has 2 aliphatic rings. The van der Waals surface area contributed by atoms with E-state index in [1.807, 2.05) is 9.80 Å². The lowest BCUT2D eigenvalue weighted by Gasteiger charge is -2.48. The van der Waals surface area contributed by atoms with E-state index in [4.69, 9.17) is 0 Å². The minimum Gasteiger partial charge on any atom is -0.337 e. The van der Waals surface area contributed by atoms with Crippen LogP contribution in [0.4, 0.5) is 0 Å². The van der Waals surface area contributed by atoms with Crippen molar-refractivity contribution >= 4 is 23.2 Å². The molecule has 0 aliphatic carbocycles. The van der Waals surface area contributed by atoms with E-state index in [0.29, 0.717) is 17.8 Å². The smallest absolute Gasteiger partial charge is 0.273 e. The number of carbonyl (C=O) groups is 2. The van der Waals surface area contributed by atoms with E-state index in [1.54, 1.807) is 35.4 Å². The minimum atomic E-state index is 0.00188. The van der Waals surface area contributed by atoms with Gasteiger partial charge in [0.25, 0.3) is 11.8 Å². The highest BCUT2D eigenvalue weighted by atomic mass is 32.1. The Morgan fingerprint density at radius 3 is 2.52 bits per heavy atom. The number of carbonyl (C=O) groups excluding carboxylic acids is 2. The Morgan fingerprint density at radius 2 is 1.83 bits per heavy atom. The van der Waals surface area contributed by atoms with Crippen LogP contribution in [0.2, 0.25) is 0 Å². The lowest BCUT2D eigenvalue weighted by molar-refractivity contribution is 0.0110. The number of nitrogens with zero attached hydrogens (tertiary/aromatic N) is 4. The van der Waals surface area contributed by atoms with Gasteiger partial charge in [-0.05, 0) is 18.6 Å². The van der Waals surface area contributed by atoms with Crippen molar-refractivity contribution in [3.05, 3.63) is 46.7 Å². The Morgan fingerprint density at radius 1 is 1.09 bits per heavy atom. The fourth-order valence-electron chi connectivity index (χ4n) is 3.43. The summed E-state index contributed by atoms with van der Waals surface area (Å²) >= 11 is 1.43. The van der Waals surface area contributed by atoms with E-state index in [-0.39, 0.29) is 17.2 Å². The molecule has 0 atom stereocenters. The molecule has 7 heteroatoms. The predicted molar refractivity (Wildman–Crippen MR) is 85.2 cm³/mol. The van der Waals surface area contributed by atoms with Crippen LogP contribution in [0.5, 0.6) is 0 Å². The average Bonchev–Trinajstić information content (AvgIpc) is 3.22. The zero-order chi connectivity index (χ0) is 15.9. The molecule has 0 saturated carbocycles. The van der Waals surface area contributed by atoms with Crippen molar-refractivity contribution in [2.45, 2.75) is 6.42 Å². The molecule has 23 heavy (non-hydrogen) atoms. The van der Waals surface area contributed by atoms with E-state index >= 15 is 0 Å². The van der Waals surface area contributed by atoms with Gasteiger partial charge >= 0.3 is 0 Å². The van der Waals surface area contributed by atoms with Gasteiger partial charge in [-0.2, -0.15) is 0 Å². The van der Waals surface area contributed by atoms with Crippen molar-refractivity contribution < 1.29 is 9.59 Å². The molecular formula is C16H16N4O2S. The molecule has 2 aromatic rings. The second-order valence-electron chi connectivity index (χ2n) is 6.25. The van der Waals surface area contributed by atoms with Crippen LogP contribution in [-0.4, -0.2) is 57.8 Å². The summed E-state index contributed by atoms with van der Waals surface area (Å²) in [7, 11) is 0. The second-order valence-corrected chi connectivity index (χ2v) is 6.97.